The van der Waals surface area contributed by atoms with E-state index >= 15 is 0 Å². The van der Waals surface area contributed by atoms with Crippen molar-refractivity contribution < 1.29 is 14.2 Å². The van der Waals surface area contributed by atoms with Gasteiger partial charge in [-0.05, 0) is 75.6 Å². The van der Waals surface area contributed by atoms with Crippen LogP contribution < -0.4 is 10.9 Å². The smallest absolute Gasteiger partial charge is 0.260 e. The molecule has 1 saturated heterocycles. The lowest BCUT2D eigenvalue weighted by atomic mass is 10.1. The zero-order chi connectivity index (χ0) is 26.3. The van der Waals surface area contributed by atoms with Gasteiger partial charge in [-0.15, -0.1) is 0 Å². The molecule has 0 bridgehead atoms. The van der Waals surface area contributed by atoms with Crippen molar-refractivity contribution >= 4 is 28.9 Å². The van der Waals surface area contributed by atoms with Crippen LogP contribution in [0.5, 0.6) is 0 Å². The van der Waals surface area contributed by atoms with Crippen LogP contribution in [-0.4, -0.2) is 45.6 Å². The van der Waals surface area contributed by atoms with Crippen molar-refractivity contribution in [1.29, 1.82) is 0 Å². The second kappa shape index (κ2) is 12.5. The Labute approximate surface area is 223 Å². The van der Waals surface area contributed by atoms with Crippen LogP contribution in [0.25, 0.3) is 17.1 Å². The first kappa shape index (κ1) is 26.3. The van der Waals surface area contributed by atoms with Crippen molar-refractivity contribution in [3.05, 3.63) is 57.8 Å². The van der Waals surface area contributed by atoms with Crippen LogP contribution >= 0.6 is 0 Å². The third-order valence-electron chi connectivity index (χ3n) is 7.34. The highest BCUT2D eigenvalue weighted by Gasteiger charge is 2.24. The number of nitrogens with zero attached hydrogens (tertiary/aromatic N) is 4. The van der Waals surface area contributed by atoms with Gasteiger partial charge in [-0.25, -0.2) is 9.97 Å². The summed E-state index contributed by atoms with van der Waals surface area (Å²) in [5, 5.41) is 4.07. The molecule has 1 aliphatic heterocycles. The Morgan fingerprint density at radius 1 is 1.13 bits per heavy atom. The molecule has 1 unspecified atom stereocenters. The van der Waals surface area contributed by atoms with Crippen LogP contribution in [0.3, 0.4) is 0 Å². The quantitative estimate of drug-likeness (QED) is 0.353. The van der Waals surface area contributed by atoms with Gasteiger partial charge >= 0.3 is 0 Å². The van der Waals surface area contributed by atoms with Crippen LogP contribution in [-0.2, 0) is 20.6 Å². The number of fused-ring (bicyclic) bond motifs is 1. The van der Waals surface area contributed by atoms with Gasteiger partial charge in [0.25, 0.3) is 5.56 Å². The van der Waals surface area contributed by atoms with Gasteiger partial charge in [-0.3, -0.25) is 9.36 Å². The maximum absolute atomic E-state index is 13.6. The van der Waals surface area contributed by atoms with Gasteiger partial charge in [0.05, 0.1) is 19.5 Å². The van der Waals surface area contributed by atoms with Crippen molar-refractivity contribution in [2.24, 2.45) is 0 Å². The number of rotatable bonds is 10. The molecular weight excluding hydrogens is 482 g/mol. The zero-order valence-electron chi connectivity index (χ0n) is 22.3. The topological polar surface area (TPSA) is 100 Å². The Morgan fingerprint density at radius 2 is 1.97 bits per heavy atom. The average molecular weight is 520 g/mol. The zero-order valence-corrected chi connectivity index (χ0v) is 22.3. The second-order valence-electron chi connectivity index (χ2n) is 9.93. The molecule has 5 rings (SSSR count). The number of nitrogens with one attached hydrogen (secondary N) is 1. The van der Waals surface area contributed by atoms with Crippen molar-refractivity contribution in [3.8, 4) is 0 Å². The molecule has 0 radical (unpaired) electrons. The van der Waals surface area contributed by atoms with Gasteiger partial charge in [0.15, 0.2) is 6.29 Å². The molecule has 38 heavy (non-hydrogen) atoms. The first-order valence-electron chi connectivity index (χ1n) is 13.8. The van der Waals surface area contributed by atoms with Crippen LogP contribution in [0.2, 0.25) is 0 Å². The van der Waals surface area contributed by atoms with Gasteiger partial charge in [0.1, 0.15) is 11.5 Å². The van der Waals surface area contributed by atoms with Crippen molar-refractivity contribution in [2.45, 2.75) is 77.5 Å². The molecule has 1 saturated carbocycles. The predicted molar refractivity (Wildman–Crippen MR) is 147 cm³/mol. The molecular formula is C29H37N5O4. The third kappa shape index (κ3) is 6.05. The van der Waals surface area contributed by atoms with Crippen molar-refractivity contribution in [3.63, 3.8) is 0 Å². The lowest BCUT2D eigenvalue weighted by Gasteiger charge is -2.22. The van der Waals surface area contributed by atoms with Crippen LogP contribution in [0.15, 0.2) is 35.6 Å². The summed E-state index contributed by atoms with van der Waals surface area (Å²) >= 11 is 0. The lowest BCUT2D eigenvalue weighted by Crippen LogP contribution is -2.27. The highest BCUT2D eigenvalue weighted by molar-refractivity contribution is 5.83. The molecule has 0 aromatic carbocycles. The fourth-order valence-electron chi connectivity index (χ4n) is 5.23. The molecule has 3 aromatic heterocycles. The van der Waals surface area contributed by atoms with E-state index in [0.717, 1.165) is 74.5 Å². The average Bonchev–Trinajstić information content (AvgIpc) is 3.47. The van der Waals surface area contributed by atoms with Gasteiger partial charge in [-0.2, -0.15) is 4.98 Å². The Bertz CT molecular complexity index is 1310. The summed E-state index contributed by atoms with van der Waals surface area (Å²) < 4.78 is 18.7. The summed E-state index contributed by atoms with van der Waals surface area (Å²) in [5.41, 5.74) is 3.18. The minimum Gasteiger partial charge on any atom is -0.501 e. The standard InChI is InChI=1S/C29H37N5O4/c1-3-36-16-14-23-20(2)24-19-31-29(33-27(24)34(28(23)35)22-8-4-5-9-22)32-25-12-11-21(18-30-25)13-17-38-26-10-6-7-15-37-26/h11-12,14,16,18-19,22,26H,3-10,13,15,17H2,1-2H3,(H,30,31,32,33). The van der Waals surface area contributed by atoms with Crippen molar-refractivity contribution in [2.75, 3.05) is 25.1 Å². The molecule has 3 aromatic rings. The minimum atomic E-state index is -0.0789. The number of ether oxygens (including phenoxy) is 3. The number of aromatic nitrogens is 4. The lowest BCUT2D eigenvalue weighted by molar-refractivity contribution is -0.161. The number of pyridine rings is 2. The molecule has 2 aliphatic rings. The van der Waals surface area contributed by atoms with Gasteiger partial charge < -0.3 is 19.5 Å². The maximum Gasteiger partial charge on any atom is 0.260 e. The van der Waals surface area contributed by atoms with E-state index in [1.54, 1.807) is 18.5 Å². The van der Waals surface area contributed by atoms with Crippen LogP contribution in [0.4, 0.5) is 11.8 Å². The van der Waals surface area contributed by atoms with E-state index in [9.17, 15) is 4.79 Å². The summed E-state index contributed by atoms with van der Waals surface area (Å²) in [7, 11) is 0. The van der Waals surface area contributed by atoms with Crippen molar-refractivity contribution in [1.82, 2.24) is 19.5 Å². The second-order valence-corrected chi connectivity index (χ2v) is 9.93. The van der Waals surface area contributed by atoms with Gasteiger partial charge in [0, 0.05) is 36.0 Å². The Kier molecular flexibility index (Phi) is 8.65. The summed E-state index contributed by atoms with van der Waals surface area (Å²) in [6, 6.07) is 4.07. The Hall–Kier alpha value is -3.30. The van der Waals surface area contributed by atoms with E-state index in [4.69, 9.17) is 19.2 Å². The molecule has 202 valence electrons. The predicted octanol–water partition coefficient (Wildman–Crippen LogP) is 5.45. The van der Waals surface area contributed by atoms with Gasteiger partial charge in [-0.1, -0.05) is 18.9 Å². The summed E-state index contributed by atoms with van der Waals surface area (Å²) in [4.78, 5) is 27.5. The van der Waals surface area contributed by atoms with E-state index < -0.39 is 0 Å². The minimum absolute atomic E-state index is 0.0363. The normalized spacial score (nSPS) is 18.4. The van der Waals surface area contributed by atoms with E-state index in [1.165, 1.54) is 0 Å². The molecule has 9 nitrogen and oxygen atoms in total. The van der Waals surface area contributed by atoms with E-state index in [-0.39, 0.29) is 17.9 Å². The first-order chi connectivity index (χ1) is 18.6. The number of anilines is 2. The molecule has 9 heteroatoms. The number of hydrogen-bond acceptors (Lipinski definition) is 8. The molecule has 0 spiro atoms. The number of aryl methyl sites for hydroxylation is 1. The summed E-state index contributed by atoms with van der Waals surface area (Å²) in [6.07, 6.45) is 15.1. The SMILES string of the molecule is CCOC=Cc1c(C)c2cnc(Nc3ccc(CCOC4CCCCO4)cn3)nc2n(C2CCCC2)c1=O. The molecule has 1 aliphatic carbocycles. The Balaban J connectivity index is 1.35. The van der Waals surface area contributed by atoms with Crippen LogP contribution in [0, 0.1) is 6.92 Å². The monoisotopic (exact) mass is 519 g/mol. The highest BCUT2D eigenvalue weighted by atomic mass is 16.7. The van der Waals surface area contributed by atoms with E-state index in [0.29, 0.717) is 36.2 Å². The highest BCUT2D eigenvalue weighted by Crippen LogP contribution is 2.32. The molecule has 4 heterocycles. The third-order valence-corrected chi connectivity index (χ3v) is 7.34. The molecule has 2 fully saturated rings. The Morgan fingerprint density at radius 3 is 2.71 bits per heavy atom. The fourth-order valence-corrected chi connectivity index (χ4v) is 5.23. The molecule has 1 N–H and O–H groups in total. The van der Waals surface area contributed by atoms with Crippen LogP contribution in [0.1, 0.15) is 74.6 Å². The van der Waals surface area contributed by atoms with E-state index in [2.05, 4.69) is 15.3 Å². The summed E-state index contributed by atoms with van der Waals surface area (Å²) in [5.74, 6) is 1.06. The molecule has 1 atom stereocenters. The maximum atomic E-state index is 13.6. The summed E-state index contributed by atoms with van der Waals surface area (Å²) in [6.45, 7) is 5.80. The van der Waals surface area contributed by atoms with Gasteiger partial charge in [0.2, 0.25) is 5.95 Å². The number of hydrogen-bond donors (Lipinski definition) is 1. The molecule has 0 amide bonds. The van der Waals surface area contributed by atoms with E-state index in [1.807, 2.05) is 36.7 Å². The first-order valence-corrected chi connectivity index (χ1v) is 13.8. The fraction of sp³-hybridized carbons (Fsp3) is 0.517. The largest absolute Gasteiger partial charge is 0.501 e.